The van der Waals surface area contributed by atoms with Crippen LogP contribution in [0.3, 0.4) is 0 Å². The first-order chi connectivity index (χ1) is 28.3. The highest BCUT2D eigenvalue weighted by molar-refractivity contribution is 6.22. The smallest absolute Gasteiger partial charge is 0.0624 e. The monoisotopic (exact) mass is 725 g/mol. The molecule has 0 fully saturated rings. The molecule has 10 aromatic carbocycles. The SMILES string of the molecule is c1ccc(-c2ccccc2-c2cccc(-c3c(N(c4ccccc4)c4ccc(-c5ccccc5)c(-c5ccccc5)c4)c4ccccc4c4ccccc34)c2)cc1. The Morgan fingerprint density at radius 3 is 1.26 bits per heavy atom. The highest BCUT2D eigenvalue weighted by Crippen LogP contribution is 2.51. The van der Waals surface area contributed by atoms with E-state index in [4.69, 9.17) is 0 Å². The van der Waals surface area contributed by atoms with Crippen LogP contribution in [0.5, 0.6) is 0 Å². The zero-order valence-electron chi connectivity index (χ0n) is 31.5. The molecule has 0 unspecified atom stereocenters. The van der Waals surface area contributed by atoms with Crippen molar-refractivity contribution >= 4 is 38.6 Å². The van der Waals surface area contributed by atoms with Gasteiger partial charge in [0.1, 0.15) is 0 Å². The fourth-order valence-electron chi connectivity index (χ4n) is 8.48. The van der Waals surface area contributed by atoms with Crippen LogP contribution in [-0.2, 0) is 0 Å². The van der Waals surface area contributed by atoms with Gasteiger partial charge in [0.2, 0.25) is 0 Å². The molecule has 1 nitrogen and oxygen atoms in total. The predicted molar refractivity (Wildman–Crippen MR) is 243 cm³/mol. The first-order valence-corrected chi connectivity index (χ1v) is 19.6. The van der Waals surface area contributed by atoms with Gasteiger partial charge < -0.3 is 4.90 Å². The Morgan fingerprint density at radius 2 is 0.649 bits per heavy atom. The molecule has 0 atom stereocenters. The largest absolute Gasteiger partial charge is 0.309 e. The van der Waals surface area contributed by atoms with Crippen LogP contribution in [0.4, 0.5) is 17.1 Å². The van der Waals surface area contributed by atoms with E-state index in [2.05, 4.69) is 241 Å². The lowest BCUT2D eigenvalue weighted by molar-refractivity contribution is 1.30. The predicted octanol–water partition coefficient (Wildman–Crippen LogP) is 15.8. The van der Waals surface area contributed by atoms with Crippen LogP contribution in [0.15, 0.2) is 237 Å². The molecule has 10 aromatic rings. The van der Waals surface area contributed by atoms with Crippen molar-refractivity contribution in [3.8, 4) is 55.6 Å². The summed E-state index contributed by atoms with van der Waals surface area (Å²) < 4.78 is 0. The molecule has 0 saturated carbocycles. The Bertz CT molecular complexity index is 2990. The topological polar surface area (TPSA) is 3.24 Å². The van der Waals surface area contributed by atoms with Crippen LogP contribution in [0.2, 0.25) is 0 Å². The van der Waals surface area contributed by atoms with Gasteiger partial charge in [0.15, 0.2) is 0 Å². The number of benzene rings is 10. The van der Waals surface area contributed by atoms with Gasteiger partial charge in [-0.05, 0) is 96.6 Å². The number of anilines is 3. The Hall–Kier alpha value is -7.48. The van der Waals surface area contributed by atoms with Gasteiger partial charge >= 0.3 is 0 Å². The number of rotatable bonds is 8. The summed E-state index contributed by atoms with van der Waals surface area (Å²) in [6.07, 6.45) is 0. The first-order valence-electron chi connectivity index (χ1n) is 19.6. The van der Waals surface area contributed by atoms with Gasteiger partial charge in [-0.25, -0.2) is 0 Å². The van der Waals surface area contributed by atoms with Crippen molar-refractivity contribution in [1.29, 1.82) is 0 Å². The van der Waals surface area contributed by atoms with Gasteiger partial charge in [-0.3, -0.25) is 0 Å². The summed E-state index contributed by atoms with van der Waals surface area (Å²) in [6, 6.07) is 85.7. The normalized spacial score (nSPS) is 11.2. The molecular weight excluding hydrogens is 687 g/mol. The summed E-state index contributed by atoms with van der Waals surface area (Å²) in [5.41, 5.74) is 15.3. The molecule has 0 bridgehead atoms. The van der Waals surface area contributed by atoms with Crippen LogP contribution in [0, 0.1) is 0 Å². The summed E-state index contributed by atoms with van der Waals surface area (Å²) in [4.78, 5) is 2.48. The molecule has 1 heteroatoms. The highest BCUT2D eigenvalue weighted by atomic mass is 15.1. The zero-order valence-corrected chi connectivity index (χ0v) is 31.5. The standard InChI is InChI=1S/C56H39N/c1-5-20-40(21-6-1)47-30-13-14-31-48(47)43-26-19-27-44(38-43)55-52-34-17-15-32-50(52)51-33-16-18-35-53(51)56(55)57(45-28-11-4-12-29-45)46-36-37-49(41-22-7-2-8-23-41)54(39-46)42-24-9-3-10-25-42/h1-39H. The lowest BCUT2D eigenvalue weighted by Crippen LogP contribution is -2.12. The quantitative estimate of drug-likeness (QED) is 0.141. The summed E-state index contributed by atoms with van der Waals surface area (Å²) in [6.45, 7) is 0. The van der Waals surface area contributed by atoms with Crippen molar-refractivity contribution in [1.82, 2.24) is 0 Å². The van der Waals surface area contributed by atoms with Crippen LogP contribution < -0.4 is 4.90 Å². The maximum absolute atomic E-state index is 2.48. The van der Waals surface area contributed by atoms with Crippen molar-refractivity contribution in [2.24, 2.45) is 0 Å². The number of hydrogen-bond donors (Lipinski definition) is 0. The summed E-state index contributed by atoms with van der Waals surface area (Å²) in [5.74, 6) is 0. The average Bonchev–Trinajstić information content (AvgIpc) is 3.30. The summed E-state index contributed by atoms with van der Waals surface area (Å²) in [7, 11) is 0. The fraction of sp³-hybridized carbons (Fsp3) is 0. The summed E-state index contributed by atoms with van der Waals surface area (Å²) in [5, 5.41) is 4.87. The number of hydrogen-bond acceptors (Lipinski definition) is 1. The van der Waals surface area contributed by atoms with E-state index in [9.17, 15) is 0 Å². The van der Waals surface area contributed by atoms with Gasteiger partial charge in [-0.15, -0.1) is 0 Å². The van der Waals surface area contributed by atoms with Gasteiger partial charge in [0.25, 0.3) is 0 Å². The maximum atomic E-state index is 2.48. The second kappa shape index (κ2) is 15.0. The first kappa shape index (κ1) is 34.0. The van der Waals surface area contributed by atoms with Crippen molar-refractivity contribution in [3.63, 3.8) is 0 Å². The molecule has 0 aliphatic carbocycles. The molecule has 0 radical (unpaired) electrons. The van der Waals surface area contributed by atoms with E-state index in [1.54, 1.807) is 0 Å². The summed E-state index contributed by atoms with van der Waals surface area (Å²) >= 11 is 0. The van der Waals surface area contributed by atoms with Gasteiger partial charge in [-0.1, -0.05) is 206 Å². The molecule has 10 rings (SSSR count). The maximum Gasteiger partial charge on any atom is 0.0624 e. The Balaban J connectivity index is 1.28. The molecule has 57 heavy (non-hydrogen) atoms. The second-order valence-corrected chi connectivity index (χ2v) is 14.4. The van der Waals surface area contributed by atoms with E-state index in [0.717, 1.165) is 22.6 Å². The molecular formula is C56H39N. The van der Waals surface area contributed by atoms with Gasteiger partial charge in [0.05, 0.1) is 5.69 Å². The molecule has 0 amide bonds. The van der Waals surface area contributed by atoms with E-state index < -0.39 is 0 Å². The van der Waals surface area contributed by atoms with Crippen molar-refractivity contribution in [3.05, 3.63) is 237 Å². The highest BCUT2D eigenvalue weighted by Gasteiger charge is 2.25. The van der Waals surface area contributed by atoms with E-state index >= 15 is 0 Å². The molecule has 0 N–H and O–H groups in total. The van der Waals surface area contributed by atoms with E-state index in [1.807, 2.05) is 0 Å². The van der Waals surface area contributed by atoms with Crippen LogP contribution in [-0.4, -0.2) is 0 Å². The van der Waals surface area contributed by atoms with E-state index in [0.29, 0.717) is 0 Å². The third-order valence-corrected chi connectivity index (χ3v) is 11.0. The minimum atomic E-state index is 1.09. The number of fused-ring (bicyclic) bond motifs is 3. The Kier molecular flexibility index (Phi) is 8.95. The lowest BCUT2D eigenvalue weighted by Gasteiger charge is -2.31. The van der Waals surface area contributed by atoms with Gasteiger partial charge in [-0.2, -0.15) is 0 Å². The molecule has 0 aliphatic rings. The van der Waals surface area contributed by atoms with Crippen molar-refractivity contribution in [2.45, 2.75) is 0 Å². The Morgan fingerprint density at radius 1 is 0.228 bits per heavy atom. The molecule has 268 valence electrons. The molecule has 0 heterocycles. The molecule has 0 aliphatic heterocycles. The third-order valence-electron chi connectivity index (χ3n) is 11.0. The third kappa shape index (κ3) is 6.36. The zero-order chi connectivity index (χ0) is 38.0. The van der Waals surface area contributed by atoms with Crippen LogP contribution >= 0.6 is 0 Å². The fourth-order valence-corrected chi connectivity index (χ4v) is 8.48. The number of para-hydroxylation sites is 1. The number of nitrogens with zero attached hydrogens (tertiary/aromatic N) is 1. The molecule has 0 spiro atoms. The molecule has 0 saturated heterocycles. The van der Waals surface area contributed by atoms with E-state index in [1.165, 1.54) is 71.6 Å². The van der Waals surface area contributed by atoms with Crippen LogP contribution in [0.25, 0.3) is 77.2 Å². The van der Waals surface area contributed by atoms with Gasteiger partial charge in [0, 0.05) is 22.3 Å². The minimum Gasteiger partial charge on any atom is -0.309 e. The minimum absolute atomic E-state index is 1.09. The van der Waals surface area contributed by atoms with Crippen molar-refractivity contribution in [2.75, 3.05) is 4.90 Å². The average molecular weight is 726 g/mol. The second-order valence-electron chi connectivity index (χ2n) is 14.4. The van der Waals surface area contributed by atoms with Crippen LogP contribution in [0.1, 0.15) is 0 Å². The van der Waals surface area contributed by atoms with E-state index in [-0.39, 0.29) is 0 Å². The lowest BCUT2D eigenvalue weighted by atomic mass is 9.87. The Labute approximate surface area is 334 Å². The molecule has 0 aromatic heterocycles. The van der Waals surface area contributed by atoms with Crippen molar-refractivity contribution < 1.29 is 0 Å².